The van der Waals surface area contributed by atoms with Gasteiger partial charge < -0.3 is 10.8 Å². The van der Waals surface area contributed by atoms with E-state index in [1.54, 1.807) is 20.0 Å². The Bertz CT molecular complexity index is 332. The predicted molar refractivity (Wildman–Crippen MR) is 69.6 cm³/mol. The van der Waals surface area contributed by atoms with E-state index in [2.05, 4.69) is 9.88 Å². The molecule has 1 aromatic heterocycles. The summed E-state index contributed by atoms with van der Waals surface area (Å²) in [6.45, 7) is 6.13. The highest BCUT2D eigenvalue weighted by Gasteiger charge is 2.25. The highest BCUT2D eigenvalue weighted by atomic mass is 16.3. The summed E-state index contributed by atoms with van der Waals surface area (Å²) < 4.78 is 0. The fourth-order valence-corrected chi connectivity index (χ4v) is 2.22. The molecular weight excluding hydrogens is 214 g/mol. The van der Waals surface area contributed by atoms with Crippen LogP contribution in [0.5, 0.6) is 0 Å². The number of hydrogen-bond donors (Lipinski definition) is 2. The van der Waals surface area contributed by atoms with Gasteiger partial charge in [0.15, 0.2) is 0 Å². The van der Waals surface area contributed by atoms with Crippen molar-refractivity contribution in [1.82, 2.24) is 9.88 Å². The number of rotatable bonds is 5. The van der Waals surface area contributed by atoms with Gasteiger partial charge in [0.1, 0.15) is 0 Å². The van der Waals surface area contributed by atoms with E-state index in [0.29, 0.717) is 6.54 Å². The molecule has 17 heavy (non-hydrogen) atoms. The molecule has 0 fully saturated rings. The van der Waals surface area contributed by atoms with Crippen LogP contribution in [0.1, 0.15) is 32.4 Å². The number of nitrogens with two attached hydrogens (primary N) is 1. The Balaban J connectivity index is 2.87. The van der Waals surface area contributed by atoms with Crippen molar-refractivity contribution >= 4 is 0 Å². The summed E-state index contributed by atoms with van der Waals surface area (Å²) in [4.78, 5) is 6.19. The lowest BCUT2D eigenvalue weighted by Crippen LogP contribution is -2.44. The molecule has 0 amide bonds. The molecule has 4 heteroatoms. The molecule has 2 atom stereocenters. The molecule has 0 radical (unpaired) electrons. The van der Waals surface area contributed by atoms with Gasteiger partial charge in [-0.3, -0.25) is 9.88 Å². The zero-order chi connectivity index (χ0) is 13.1. The fourth-order valence-electron chi connectivity index (χ4n) is 2.22. The monoisotopic (exact) mass is 237 g/mol. The topological polar surface area (TPSA) is 62.4 Å². The van der Waals surface area contributed by atoms with Crippen molar-refractivity contribution in [2.24, 2.45) is 5.73 Å². The van der Waals surface area contributed by atoms with E-state index in [0.717, 1.165) is 5.56 Å². The van der Waals surface area contributed by atoms with E-state index < -0.39 is 5.60 Å². The van der Waals surface area contributed by atoms with Gasteiger partial charge in [-0.25, -0.2) is 0 Å². The summed E-state index contributed by atoms with van der Waals surface area (Å²) in [6, 6.07) is 3.96. The van der Waals surface area contributed by atoms with Crippen LogP contribution in [-0.4, -0.2) is 40.2 Å². The largest absolute Gasteiger partial charge is 0.389 e. The zero-order valence-corrected chi connectivity index (χ0v) is 11.1. The minimum absolute atomic E-state index is 0.0217. The maximum absolute atomic E-state index is 9.87. The van der Waals surface area contributed by atoms with Crippen LogP contribution >= 0.6 is 0 Å². The van der Waals surface area contributed by atoms with Crippen LogP contribution in [0.25, 0.3) is 0 Å². The molecule has 0 aliphatic heterocycles. The van der Waals surface area contributed by atoms with Crippen LogP contribution in [0.4, 0.5) is 0 Å². The molecule has 1 rings (SSSR count). The van der Waals surface area contributed by atoms with E-state index in [9.17, 15) is 5.11 Å². The first kappa shape index (κ1) is 14.1. The van der Waals surface area contributed by atoms with Crippen LogP contribution in [0.3, 0.4) is 0 Å². The molecule has 0 spiro atoms. The number of aromatic nitrogens is 1. The number of likely N-dealkylation sites (N-methyl/N-ethyl adjacent to an activating group) is 1. The normalized spacial score (nSPS) is 15.9. The average Bonchev–Trinajstić information content (AvgIpc) is 2.15. The number of aliphatic hydroxyl groups is 1. The number of pyridine rings is 1. The highest BCUT2D eigenvalue weighted by molar-refractivity contribution is 5.16. The van der Waals surface area contributed by atoms with Crippen molar-refractivity contribution in [3.63, 3.8) is 0 Å². The molecule has 0 aromatic carbocycles. The Morgan fingerprint density at radius 1 is 1.53 bits per heavy atom. The second kappa shape index (κ2) is 5.58. The molecule has 0 saturated carbocycles. The van der Waals surface area contributed by atoms with Gasteiger partial charge in [-0.05, 0) is 39.4 Å². The predicted octanol–water partition coefficient (Wildman–Crippen LogP) is 1.17. The third kappa shape index (κ3) is 4.42. The third-order valence-corrected chi connectivity index (χ3v) is 2.64. The molecule has 3 N–H and O–H groups in total. The van der Waals surface area contributed by atoms with Gasteiger partial charge in [-0.15, -0.1) is 0 Å². The van der Waals surface area contributed by atoms with Crippen LogP contribution in [0, 0.1) is 0 Å². The number of nitrogens with zero attached hydrogens (tertiary/aromatic N) is 2. The van der Waals surface area contributed by atoms with E-state index in [-0.39, 0.29) is 12.1 Å². The van der Waals surface area contributed by atoms with Crippen molar-refractivity contribution in [1.29, 1.82) is 0 Å². The van der Waals surface area contributed by atoms with Crippen molar-refractivity contribution in [3.05, 3.63) is 30.1 Å². The molecular formula is C13H23N3O. The first-order chi connectivity index (χ1) is 7.81. The maximum Gasteiger partial charge on any atom is 0.0718 e. The van der Waals surface area contributed by atoms with Crippen molar-refractivity contribution in [3.8, 4) is 0 Å². The summed E-state index contributed by atoms with van der Waals surface area (Å²) in [5, 5.41) is 9.87. The third-order valence-electron chi connectivity index (χ3n) is 2.64. The quantitative estimate of drug-likeness (QED) is 0.807. The first-order valence-corrected chi connectivity index (χ1v) is 5.89. The Morgan fingerprint density at radius 3 is 2.59 bits per heavy atom. The van der Waals surface area contributed by atoms with Crippen molar-refractivity contribution in [2.45, 2.75) is 38.5 Å². The summed E-state index contributed by atoms with van der Waals surface area (Å²) in [5.74, 6) is 0. The van der Waals surface area contributed by atoms with Gasteiger partial charge in [-0.2, -0.15) is 0 Å². The Hall–Kier alpha value is -0.970. The lowest BCUT2D eigenvalue weighted by molar-refractivity contribution is 0.0277. The molecule has 0 aliphatic carbocycles. The van der Waals surface area contributed by atoms with Gasteiger partial charge in [0.25, 0.3) is 0 Å². The van der Waals surface area contributed by atoms with Crippen molar-refractivity contribution in [2.75, 3.05) is 13.6 Å². The molecule has 96 valence electrons. The Labute approximate surface area is 103 Å². The van der Waals surface area contributed by atoms with Crippen LogP contribution < -0.4 is 5.73 Å². The summed E-state index contributed by atoms with van der Waals surface area (Å²) in [5.41, 5.74) is 6.38. The van der Waals surface area contributed by atoms with Crippen LogP contribution in [-0.2, 0) is 0 Å². The SMILES string of the molecule is CC(N)C(c1cccnc1)N(C)CC(C)(C)O. The molecule has 0 saturated heterocycles. The smallest absolute Gasteiger partial charge is 0.0718 e. The molecule has 2 unspecified atom stereocenters. The van der Waals surface area contributed by atoms with Gasteiger partial charge in [-0.1, -0.05) is 6.07 Å². The standard InChI is InChI=1S/C13H23N3O/c1-10(14)12(11-6-5-7-15-8-11)16(4)9-13(2,3)17/h5-8,10,12,17H,9,14H2,1-4H3. The van der Waals surface area contributed by atoms with E-state index in [1.165, 1.54) is 0 Å². The lowest BCUT2D eigenvalue weighted by atomic mass is 9.99. The molecule has 1 aromatic rings. The van der Waals surface area contributed by atoms with E-state index >= 15 is 0 Å². The van der Waals surface area contributed by atoms with Crippen LogP contribution in [0.2, 0.25) is 0 Å². The van der Waals surface area contributed by atoms with Gasteiger partial charge in [0.05, 0.1) is 11.6 Å². The maximum atomic E-state index is 9.87. The van der Waals surface area contributed by atoms with E-state index in [1.807, 2.05) is 32.3 Å². The van der Waals surface area contributed by atoms with E-state index in [4.69, 9.17) is 5.73 Å². The second-order valence-electron chi connectivity index (χ2n) is 5.32. The van der Waals surface area contributed by atoms with Crippen LogP contribution in [0.15, 0.2) is 24.5 Å². The number of hydrogen-bond acceptors (Lipinski definition) is 4. The summed E-state index contributed by atoms with van der Waals surface area (Å²) >= 11 is 0. The molecule has 4 nitrogen and oxygen atoms in total. The molecule has 0 bridgehead atoms. The van der Waals surface area contributed by atoms with Gasteiger partial charge >= 0.3 is 0 Å². The fraction of sp³-hybridized carbons (Fsp3) is 0.615. The highest BCUT2D eigenvalue weighted by Crippen LogP contribution is 2.22. The van der Waals surface area contributed by atoms with Gasteiger partial charge in [0.2, 0.25) is 0 Å². The van der Waals surface area contributed by atoms with Gasteiger partial charge in [0, 0.05) is 25.0 Å². The molecule has 0 aliphatic rings. The summed E-state index contributed by atoms with van der Waals surface area (Å²) in [6.07, 6.45) is 3.58. The average molecular weight is 237 g/mol. The minimum Gasteiger partial charge on any atom is -0.389 e. The zero-order valence-electron chi connectivity index (χ0n) is 11.1. The van der Waals surface area contributed by atoms with Crippen molar-refractivity contribution < 1.29 is 5.11 Å². The molecule has 1 heterocycles. The lowest BCUT2D eigenvalue weighted by Gasteiger charge is -2.34. The summed E-state index contributed by atoms with van der Waals surface area (Å²) in [7, 11) is 1.97. The minimum atomic E-state index is -0.732. The second-order valence-corrected chi connectivity index (χ2v) is 5.32. The Kier molecular flexibility index (Phi) is 4.62. The Morgan fingerprint density at radius 2 is 2.18 bits per heavy atom. The first-order valence-electron chi connectivity index (χ1n) is 5.89.